The van der Waals surface area contributed by atoms with Gasteiger partial charge in [0.2, 0.25) is 6.08 Å². The first-order valence-electron chi connectivity index (χ1n) is 4.62. The van der Waals surface area contributed by atoms with Gasteiger partial charge in [-0.1, -0.05) is 18.2 Å². The van der Waals surface area contributed by atoms with Crippen molar-refractivity contribution in [3.8, 4) is 0 Å². The van der Waals surface area contributed by atoms with Crippen molar-refractivity contribution in [2.24, 2.45) is 4.99 Å². The van der Waals surface area contributed by atoms with E-state index in [0.717, 1.165) is 18.6 Å². The summed E-state index contributed by atoms with van der Waals surface area (Å²) in [7, 11) is 0. The molecule has 0 atom stereocenters. The summed E-state index contributed by atoms with van der Waals surface area (Å²) in [6.45, 7) is 1.91. The van der Waals surface area contributed by atoms with Crippen LogP contribution in [0.2, 0.25) is 0 Å². The number of fused-ring (bicyclic) bond motifs is 1. The van der Waals surface area contributed by atoms with Crippen LogP contribution >= 0.6 is 0 Å². The maximum absolute atomic E-state index is 9.96. The molecular weight excluding hydrogens is 178 g/mol. The zero-order chi connectivity index (χ0) is 9.80. The van der Waals surface area contributed by atoms with Gasteiger partial charge in [-0.05, 0) is 23.1 Å². The molecule has 1 aliphatic rings. The summed E-state index contributed by atoms with van der Waals surface area (Å²) in [5.41, 5.74) is 3.62. The van der Waals surface area contributed by atoms with E-state index >= 15 is 0 Å². The first-order valence-corrected chi connectivity index (χ1v) is 4.62. The standard InChI is InChI=1S/C11H11NO2/c13-8-12-6-9-1-2-11-7-14-4-3-10(11)5-9/h1-2,5H,3-4,6-7H2. The number of hydrogen-bond donors (Lipinski definition) is 0. The molecule has 0 bridgehead atoms. The Bertz CT molecular complexity index is 381. The molecule has 3 nitrogen and oxygen atoms in total. The number of rotatable bonds is 2. The quantitative estimate of drug-likeness (QED) is 0.523. The molecule has 14 heavy (non-hydrogen) atoms. The van der Waals surface area contributed by atoms with Gasteiger partial charge in [-0.3, -0.25) is 0 Å². The highest BCUT2D eigenvalue weighted by atomic mass is 16.5. The summed E-state index contributed by atoms with van der Waals surface area (Å²) in [6.07, 6.45) is 2.50. The lowest BCUT2D eigenvalue weighted by Gasteiger charge is -2.16. The average Bonchev–Trinajstić information content (AvgIpc) is 2.26. The molecule has 1 aromatic rings. The van der Waals surface area contributed by atoms with Crippen LogP contribution in [0, 0.1) is 0 Å². The first-order chi connectivity index (χ1) is 6.90. The van der Waals surface area contributed by atoms with Gasteiger partial charge in [0.05, 0.1) is 19.8 Å². The number of aliphatic imine (C=N–C) groups is 1. The topological polar surface area (TPSA) is 38.7 Å². The number of nitrogens with zero attached hydrogens (tertiary/aromatic N) is 1. The lowest BCUT2D eigenvalue weighted by Crippen LogP contribution is -2.09. The van der Waals surface area contributed by atoms with E-state index in [1.807, 2.05) is 12.1 Å². The Labute approximate surface area is 82.4 Å². The molecule has 1 aliphatic heterocycles. The number of isocyanates is 1. The average molecular weight is 189 g/mol. The van der Waals surface area contributed by atoms with Crippen LogP contribution in [-0.2, 0) is 29.1 Å². The van der Waals surface area contributed by atoms with Crippen molar-refractivity contribution in [2.45, 2.75) is 19.6 Å². The second-order valence-electron chi connectivity index (χ2n) is 3.31. The first kappa shape index (κ1) is 9.13. The highest BCUT2D eigenvalue weighted by Crippen LogP contribution is 2.18. The molecular formula is C11H11NO2. The van der Waals surface area contributed by atoms with Crippen molar-refractivity contribution in [3.05, 3.63) is 34.9 Å². The minimum Gasteiger partial charge on any atom is -0.376 e. The molecule has 0 aromatic heterocycles. The molecule has 0 N–H and O–H groups in total. The van der Waals surface area contributed by atoms with E-state index in [1.165, 1.54) is 11.1 Å². The highest BCUT2D eigenvalue weighted by Gasteiger charge is 2.09. The van der Waals surface area contributed by atoms with Gasteiger partial charge < -0.3 is 4.74 Å². The Balaban J connectivity index is 2.24. The third-order valence-electron chi connectivity index (χ3n) is 2.37. The molecule has 1 aromatic carbocycles. The van der Waals surface area contributed by atoms with Crippen LogP contribution in [0.1, 0.15) is 16.7 Å². The van der Waals surface area contributed by atoms with Crippen molar-refractivity contribution in [2.75, 3.05) is 6.61 Å². The Morgan fingerprint density at radius 3 is 3.21 bits per heavy atom. The van der Waals surface area contributed by atoms with Gasteiger partial charge in [-0.25, -0.2) is 9.79 Å². The maximum atomic E-state index is 9.96. The number of benzene rings is 1. The molecule has 0 spiro atoms. The van der Waals surface area contributed by atoms with Crippen molar-refractivity contribution in [3.63, 3.8) is 0 Å². The molecule has 0 fully saturated rings. The Hall–Kier alpha value is -1.44. The summed E-state index contributed by atoms with van der Waals surface area (Å²) >= 11 is 0. The smallest absolute Gasteiger partial charge is 0.235 e. The van der Waals surface area contributed by atoms with E-state index in [2.05, 4.69) is 11.1 Å². The molecule has 3 heteroatoms. The lowest BCUT2D eigenvalue weighted by molar-refractivity contribution is 0.110. The Kier molecular flexibility index (Phi) is 2.73. The van der Waals surface area contributed by atoms with Crippen molar-refractivity contribution < 1.29 is 9.53 Å². The normalized spacial score (nSPS) is 14.3. The van der Waals surface area contributed by atoms with E-state index in [1.54, 1.807) is 6.08 Å². The summed E-state index contributed by atoms with van der Waals surface area (Å²) in [5, 5.41) is 0. The zero-order valence-electron chi connectivity index (χ0n) is 7.82. The van der Waals surface area contributed by atoms with Crippen LogP contribution in [0.5, 0.6) is 0 Å². The minimum atomic E-state index is 0.428. The SMILES string of the molecule is O=C=NCc1ccc2c(c1)CCOC2. The fourth-order valence-corrected chi connectivity index (χ4v) is 1.64. The molecule has 1 heterocycles. The summed E-state index contributed by atoms with van der Waals surface area (Å²) in [4.78, 5) is 13.5. The van der Waals surface area contributed by atoms with Crippen LogP contribution in [0.4, 0.5) is 0 Å². The third-order valence-corrected chi connectivity index (χ3v) is 2.37. The molecule has 0 unspecified atom stereocenters. The van der Waals surface area contributed by atoms with Crippen molar-refractivity contribution >= 4 is 6.08 Å². The summed E-state index contributed by atoms with van der Waals surface area (Å²) in [5.74, 6) is 0. The molecule has 0 saturated heterocycles. The van der Waals surface area contributed by atoms with Crippen molar-refractivity contribution in [1.29, 1.82) is 0 Å². The predicted octanol–water partition coefficient (Wildman–Crippen LogP) is 1.60. The van der Waals surface area contributed by atoms with E-state index in [0.29, 0.717) is 13.2 Å². The third kappa shape index (κ3) is 1.90. The van der Waals surface area contributed by atoms with Gasteiger partial charge in [0.25, 0.3) is 0 Å². The maximum Gasteiger partial charge on any atom is 0.235 e. The van der Waals surface area contributed by atoms with Gasteiger partial charge in [0.15, 0.2) is 0 Å². The number of ether oxygens (including phenoxy) is 1. The van der Waals surface area contributed by atoms with E-state index < -0.39 is 0 Å². The van der Waals surface area contributed by atoms with Crippen LogP contribution in [-0.4, -0.2) is 12.7 Å². The fraction of sp³-hybridized carbons (Fsp3) is 0.364. The van der Waals surface area contributed by atoms with Gasteiger partial charge in [-0.15, -0.1) is 0 Å². The second kappa shape index (κ2) is 4.18. The molecule has 2 rings (SSSR count). The van der Waals surface area contributed by atoms with Gasteiger partial charge in [-0.2, -0.15) is 0 Å². The van der Waals surface area contributed by atoms with E-state index in [4.69, 9.17) is 4.74 Å². The van der Waals surface area contributed by atoms with Gasteiger partial charge in [0, 0.05) is 0 Å². The van der Waals surface area contributed by atoms with Crippen LogP contribution < -0.4 is 0 Å². The van der Waals surface area contributed by atoms with E-state index in [9.17, 15) is 4.79 Å². The van der Waals surface area contributed by atoms with Crippen LogP contribution in [0.25, 0.3) is 0 Å². The monoisotopic (exact) mass is 189 g/mol. The fourth-order valence-electron chi connectivity index (χ4n) is 1.64. The Morgan fingerprint density at radius 1 is 1.43 bits per heavy atom. The largest absolute Gasteiger partial charge is 0.376 e. The molecule has 0 radical (unpaired) electrons. The highest BCUT2D eigenvalue weighted by molar-refractivity contribution is 5.36. The number of carbonyl (C=O) groups excluding carboxylic acids is 1. The number of hydrogen-bond acceptors (Lipinski definition) is 3. The zero-order valence-corrected chi connectivity index (χ0v) is 7.82. The van der Waals surface area contributed by atoms with Crippen LogP contribution in [0.3, 0.4) is 0 Å². The second-order valence-corrected chi connectivity index (χ2v) is 3.31. The summed E-state index contributed by atoms with van der Waals surface area (Å²) < 4.78 is 5.33. The lowest BCUT2D eigenvalue weighted by atomic mass is 10.0. The van der Waals surface area contributed by atoms with Gasteiger partial charge >= 0.3 is 0 Å². The molecule has 0 amide bonds. The van der Waals surface area contributed by atoms with Crippen molar-refractivity contribution in [1.82, 2.24) is 0 Å². The summed E-state index contributed by atoms with van der Waals surface area (Å²) in [6, 6.07) is 6.12. The van der Waals surface area contributed by atoms with E-state index in [-0.39, 0.29) is 0 Å². The van der Waals surface area contributed by atoms with Gasteiger partial charge in [0.1, 0.15) is 0 Å². The predicted molar refractivity (Wildman–Crippen MR) is 51.6 cm³/mol. The van der Waals surface area contributed by atoms with Crippen LogP contribution in [0.15, 0.2) is 23.2 Å². The Morgan fingerprint density at radius 2 is 2.36 bits per heavy atom. The molecule has 0 saturated carbocycles. The molecule has 72 valence electrons. The molecule has 0 aliphatic carbocycles. The minimum absolute atomic E-state index is 0.428.